The maximum absolute atomic E-state index is 14.1. The number of hydrogen-bond acceptors (Lipinski definition) is 5. The molecule has 2 aromatic rings. The number of ether oxygens (including phenoxy) is 3. The van der Waals surface area contributed by atoms with Crippen molar-refractivity contribution in [3.63, 3.8) is 0 Å². The predicted molar refractivity (Wildman–Crippen MR) is 115 cm³/mol. The fourth-order valence-corrected chi connectivity index (χ4v) is 3.98. The molecule has 32 heavy (non-hydrogen) atoms. The van der Waals surface area contributed by atoms with Crippen LogP contribution in [0.25, 0.3) is 0 Å². The quantitative estimate of drug-likeness (QED) is 0.712. The number of amides is 2. The Hall–Kier alpha value is -3.13. The van der Waals surface area contributed by atoms with Crippen molar-refractivity contribution in [2.75, 3.05) is 46.6 Å². The number of rotatable bonds is 5. The van der Waals surface area contributed by atoms with Gasteiger partial charge in [-0.15, -0.1) is 0 Å². The molecule has 2 aromatic carbocycles. The standard InChI is InChI=1S/C24H27FN2O5/c1-30-22-6-4-18(15-20(22)25)24(29)27-10-13-32-21-5-2-17(14-19(21)16-27)3-7-23(28)26-8-11-31-12-9-26/h2,4-6,14-15H,3,7-13,16H2,1H3. The van der Waals surface area contributed by atoms with Gasteiger partial charge in [-0.1, -0.05) is 12.1 Å². The van der Waals surface area contributed by atoms with Crippen molar-refractivity contribution in [1.29, 1.82) is 0 Å². The zero-order chi connectivity index (χ0) is 22.5. The summed E-state index contributed by atoms with van der Waals surface area (Å²) in [6.45, 7) is 3.55. The first kappa shape index (κ1) is 22.1. The second-order valence-corrected chi connectivity index (χ2v) is 7.86. The number of hydrogen-bond donors (Lipinski definition) is 0. The molecule has 170 valence electrons. The second-order valence-electron chi connectivity index (χ2n) is 7.86. The number of methoxy groups -OCH3 is 1. The van der Waals surface area contributed by atoms with Gasteiger partial charge in [0.15, 0.2) is 11.6 Å². The topological polar surface area (TPSA) is 68.3 Å². The summed E-state index contributed by atoms with van der Waals surface area (Å²) in [5.74, 6) is 0.109. The Morgan fingerprint density at radius 1 is 1.03 bits per heavy atom. The van der Waals surface area contributed by atoms with Gasteiger partial charge in [-0.2, -0.15) is 0 Å². The molecule has 0 radical (unpaired) electrons. The highest BCUT2D eigenvalue weighted by atomic mass is 19.1. The Morgan fingerprint density at radius 2 is 1.81 bits per heavy atom. The lowest BCUT2D eigenvalue weighted by atomic mass is 10.0. The summed E-state index contributed by atoms with van der Waals surface area (Å²) >= 11 is 0. The highest BCUT2D eigenvalue weighted by Gasteiger charge is 2.23. The van der Waals surface area contributed by atoms with E-state index in [1.54, 1.807) is 11.0 Å². The minimum atomic E-state index is -0.572. The minimum absolute atomic E-state index is 0.0994. The van der Waals surface area contributed by atoms with Gasteiger partial charge in [0.1, 0.15) is 12.4 Å². The molecular weight excluding hydrogens is 415 g/mol. The zero-order valence-corrected chi connectivity index (χ0v) is 18.1. The van der Waals surface area contributed by atoms with Gasteiger partial charge in [-0.05, 0) is 36.2 Å². The number of fused-ring (bicyclic) bond motifs is 1. The molecule has 1 saturated heterocycles. The molecule has 0 saturated carbocycles. The lowest BCUT2D eigenvalue weighted by molar-refractivity contribution is -0.135. The molecule has 0 N–H and O–H groups in total. The van der Waals surface area contributed by atoms with E-state index in [4.69, 9.17) is 14.2 Å². The summed E-state index contributed by atoms with van der Waals surface area (Å²) < 4.78 is 30.1. The van der Waals surface area contributed by atoms with Gasteiger partial charge in [-0.25, -0.2) is 4.39 Å². The first-order valence-corrected chi connectivity index (χ1v) is 10.8. The molecule has 0 bridgehead atoms. The van der Waals surface area contributed by atoms with Crippen molar-refractivity contribution in [3.8, 4) is 11.5 Å². The Kier molecular flexibility index (Phi) is 6.90. The van der Waals surface area contributed by atoms with Crippen molar-refractivity contribution in [3.05, 3.63) is 58.9 Å². The van der Waals surface area contributed by atoms with Crippen LogP contribution in [0.4, 0.5) is 4.39 Å². The number of benzene rings is 2. The van der Waals surface area contributed by atoms with Crippen LogP contribution in [0.2, 0.25) is 0 Å². The lowest BCUT2D eigenvalue weighted by Crippen LogP contribution is -2.40. The van der Waals surface area contributed by atoms with E-state index in [2.05, 4.69) is 0 Å². The van der Waals surface area contributed by atoms with Gasteiger partial charge in [0.05, 0.1) is 26.9 Å². The summed E-state index contributed by atoms with van der Waals surface area (Å²) in [5, 5.41) is 0. The van der Waals surface area contributed by atoms with Gasteiger partial charge in [0.2, 0.25) is 5.91 Å². The van der Waals surface area contributed by atoms with E-state index < -0.39 is 5.82 Å². The van der Waals surface area contributed by atoms with Crippen LogP contribution < -0.4 is 9.47 Å². The smallest absolute Gasteiger partial charge is 0.254 e. The number of halogens is 1. The highest BCUT2D eigenvalue weighted by molar-refractivity contribution is 5.94. The van der Waals surface area contributed by atoms with Crippen molar-refractivity contribution in [2.24, 2.45) is 0 Å². The fraction of sp³-hybridized carbons (Fsp3) is 0.417. The Labute approximate surface area is 186 Å². The largest absolute Gasteiger partial charge is 0.494 e. The van der Waals surface area contributed by atoms with Gasteiger partial charge >= 0.3 is 0 Å². The van der Waals surface area contributed by atoms with Gasteiger partial charge in [-0.3, -0.25) is 9.59 Å². The Morgan fingerprint density at radius 3 is 2.56 bits per heavy atom. The predicted octanol–water partition coefficient (Wildman–Crippen LogP) is 2.66. The van der Waals surface area contributed by atoms with E-state index >= 15 is 0 Å². The Bertz CT molecular complexity index is 990. The molecule has 8 heteroatoms. The average Bonchev–Trinajstić information content (AvgIpc) is 3.04. The molecule has 0 unspecified atom stereocenters. The summed E-state index contributed by atoms with van der Waals surface area (Å²) in [5.41, 5.74) is 2.15. The summed E-state index contributed by atoms with van der Waals surface area (Å²) in [6.07, 6.45) is 1.04. The molecule has 0 aliphatic carbocycles. The molecule has 0 atom stereocenters. The number of nitrogens with zero attached hydrogens (tertiary/aromatic N) is 2. The normalized spacial score (nSPS) is 16.1. The zero-order valence-electron chi connectivity index (χ0n) is 18.1. The molecule has 4 rings (SSSR count). The highest BCUT2D eigenvalue weighted by Crippen LogP contribution is 2.27. The minimum Gasteiger partial charge on any atom is -0.494 e. The molecule has 2 aliphatic rings. The third-order valence-electron chi connectivity index (χ3n) is 5.78. The first-order valence-electron chi connectivity index (χ1n) is 10.8. The lowest BCUT2D eigenvalue weighted by Gasteiger charge is -2.26. The van der Waals surface area contributed by atoms with Crippen LogP contribution in [0.15, 0.2) is 36.4 Å². The van der Waals surface area contributed by atoms with Crippen molar-refractivity contribution in [1.82, 2.24) is 9.80 Å². The number of aryl methyl sites for hydroxylation is 1. The third kappa shape index (κ3) is 5.02. The molecule has 2 amide bonds. The fourth-order valence-electron chi connectivity index (χ4n) is 3.98. The molecular formula is C24H27FN2O5. The van der Waals surface area contributed by atoms with Crippen molar-refractivity contribution < 1.29 is 28.2 Å². The second kappa shape index (κ2) is 9.99. The third-order valence-corrected chi connectivity index (χ3v) is 5.78. The summed E-state index contributed by atoms with van der Waals surface area (Å²) in [6, 6.07) is 10.1. The number of morpholine rings is 1. The van der Waals surface area contributed by atoms with E-state index in [9.17, 15) is 14.0 Å². The van der Waals surface area contributed by atoms with Crippen LogP contribution in [0.1, 0.15) is 27.9 Å². The van der Waals surface area contributed by atoms with E-state index in [0.29, 0.717) is 58.8 Å². The van der Waals surface area contributed by atoms with Gasteiger partial charge < -0.3 is 24.0 Å². The van der Waals surface area contributed by atoms with Crippen LogP contribution >= 0.6 is 0 Å². The van der Waals surface area contributed by atoms with Crippen LogP contribution in [0.3, 0.4) is 0 Å². The summed E-state index contributed by atoms with van der Waals surface area (Å²) in [7, 11) is 1.38. The molecule has 1 fully saturated rings. The SMILES string of the molecule is COc1ccc(C(=O)N2CCOc3ccc(CCC(=O)N4CCOCC4)cc3C2)cc1F. The number of carbonyl (C=O) groups excluding carboxylic acids is 2. The monoisotopic (exact) mass is 442 g/mol. The average molecular weight is 442 g/mol. The van der Waals surface area contributed by atoms with Crippen LogP contribution in [-0.4, -0.2) is 68.2 Å². The van der Waals surface area contributed by atoms with E-state index in [1.165, 1.54) is 19.2 Å². The van der Waals surface area contributed by atoms with Crippen LogP contribution in [-0.2, 0) is 22.5 Å². The summed E-state index contributed by atoms with van der Waals surface area (Å²) in [4.78, 5) is 28.9. The first-order chi connectivity index (χ1) is 15.5. The maximum Gasteiger partial charge on any atom is 0.254 e. The van der Waals surface area contributed by atoms with Crippen molar-refractivity contribution >= 4 is 11.8 Å². The number of carbonyl (C=O) groups is 2. The van der Waals surface area contributed by atoms with E-state index in [-0.39, 0.29) is 23.1 Å². The molecule has 0 spiro atoms. The molecule has 7 nitrogen and oxygen atoms in total. The van der Waals surface area contributed by atoms with Crippen LogP contribution in [0.5, 0.6) is 11.5 Å². The maximum atomic E-state index is 14.1. The Balaban J connectivity index is 1.44. The van der Waals surface area contributed by atoms with Crippen LogP contribution in [0, 0.1) is 5.82 Å². The van der Waals surface area contributed by atoms with Crippen molar-refractivity contribution in [2.45, 2.75) is 19.4 Å². The van der Waals surface area contributed by atoms with Gasteiger partial charge in [0.25, 0.3) is 5.91 Å². The molecule has 2 heterocycles. The molecule has 0 aromatic heterocycles. The van der Waals surface area contributed by atoms with E-state index in [1.807, 2.05) is 23.1 Å². The molecule has 2 aliphatic heterocycles. The van der Waals surface area contributed by atoms with E-state index in [0.717, 1.165) is 16.9 Å². The van der Waals surface area contributed by atoms with Gasteiger partial charge in [0, 0.05) is 37.2 Å².